The van der Waals surface area contributed by atoms with Gasteiger partial charge >= 0.3 is 11.9 Å². The van der Waals surface area contributed by atoms with Crippen molar-refractivity contribution in [1.29, 1.82) is 0 Å². The number of amides is 1. The number of aryl methyl sites for hydroxylation is 2. The van der Waals surface area contributed by atoms with Crippen molar-refractivity contribution >= 4 is 17.8 Å². The van der Waals surface area contributed by atoms with Gasteiger partial charge in [-0.2, -0.15) is 0 Å². The summed E-state index contributed by atoms with van der Waals surface area (Å²) in [6.07, 6.45) is -0.681. The molecule has 1 aromatic heterocycles. The summed E-state index contributed by atoms with van der Waals surface area (Å²) in [7, 11) is 0. The molecule has 0 aliphatic carbocycles. The normalized spacial score (nSPS) is 11.7. The summed E-state index contributed by atoms with van der Waals surface area (Å²) in [5.41, 5.74) is 1.41. The van der Waals surface area contributed by atoms with Gasteiger partial charge in [-0.15, -0.1) is 0 Å². The molecular formula is C12H14N2O5. The SMILES string of the molecule is Cc1ccc(C(=O)N[C@H](CC(=O)O)C(=O)O)c(C)n1. The lowest BCUT2D eigenvalue weighted by atomic mass is 10.1. The zero-order valence-corrected chi connectivity index (χ0v) is 10.5. The van der Waals surface area contributed by atoms with Gasteiger partial charge in [-0.3, -0.25) is 14.6 Å². The minimum Gasteiger partial charge on any atom is -0.481 e. The zero-order valence-electron chi connectivity index (χ0n) is 10.5. The quantitative estimate of drug-likeness (QED) is 0.708. The van der Waals surface area contributed by atoms with Crippen molar-refractivity contribution < 1.29 is 24.6 Å². The van der Waals surface area contributed by atoms with Crippen molar-refractivity contribution in [3.63, 3.8) is 0 Å². The lowest BCUT2D eigenvalue weighted by molar-refractivity contribution is -0.145. The molecule has 0 spiro atoms. The third-order valence-electron chi connectivity index (χ3n) is 2.45. The molecule has 7 nitrogen and oxygen atoms in total. The van der Waals surface area contributed by atoms with Crippen LogP contribution in [0, 0.1) is 13.8 Å². The molecule has 1 rings (SSSR count). The maximum atomic E-state index is 11.9. The number of hydrogen-bond acceptors (Lipinski definition) is 4. The Morgan fingerprint density at radius 2 is 1.89 bits per heavy atom. The highest BCUT2D eigenvalue weighted by Crippen LogP contribution is 2.07. The first kappa shape index (κ1) is 14.6. The number of carboxylic acid groups (broad SMARTS) is 2. The van der Waals surface area contributed by atoms with Crippen molar-refractivity contribution in [2.75, 3.05) is 0 Å². The second-order valence-corrected chi connectivity index (χ2v) is 4.05. The monoisotopic (exact) mass is 266 g/mol. The van der Waals surface area contributed by atoms with E-state index in [4.69, 9.17) is 10.2 Å². The third-order valence-corrected chi connectivity index (χ3v) is 2.45. The number of nitrogens with zero attached hydrogens (tertiary/aromatic N) is 1. The summed E-state index contributed by atoms with van der Waals surface area (Å²) in [4.78, 5) is 37.3. The van der Waals surface area contributed by atoms with Crippen LogP contribution in [0.5, 0.6) is 0 Å². The highest BCUT2D eigenvalue weighted by atomic mass is 16.4. The van der Waals surface area contributed by atoms with E-state index in [0.717, 1.165) is 5.69 Å². The van der Waals surface area contributed by atoms with Crippen LogP contribution < -0.4 is 5.32 Å². The molecule has 0 radical (unpaired) electrons. The van der Waals surface area contributed by atoms with Crippen molar-refractivity contribution in [1.82, 2.24) is 10.3 Å². The highest BCUT2D eigenvalue weighted by Gasteiger charge is 2.24. The van der Waals surface area contributed by atoms with E-state index < -0.39 is 30.3 Å². The number of hydrogen-bond donors (Lipinski definition) is 3. The predicted molar refractivity (Wildman–Crippen MR) is 64.9 cm³/mol. The second kappa shape index (κ2) is 5.94. The van der Waals surface area contributed by atoms with Gasteiger partial charge in [0.15, 0.2) is 0 Å². The molecule has 19 heavy (non-hydrogen) atoms. The van der Waals surface area contributed by atoms with Gasteiger partial charge in [-0.1, -0.05) is 0 Å². The average Bonchev–Trinajstić information content (AvgIpc) is 2.26. The fourth-order valence-electron chi connectivity index (χ4n) is 1.54. The molecule has 0 saturated heterocycles. The predicted octanol–water partition coefficient (Wildman–Crippen LogP) is 0.356. The molecule has 1 heterocycles. The van der Waals surface area contributed by atoms with Crippen molar-refractivity contribution in [2.45, 2.75) is 26.3 Å². The Hall–Kier alpha value is -2.44. The number of carboxylic acids is 2. The van der Waals surface area contributed by atoms with Crippen molar-refractivity contribution in [3.05, 3.63) is 29.1 Å². The maximum Gasteiger partial charge on any atom is 0.326 e. The van der Waals surface area contributed by atoms with Gasteiger partial charge in [0.05, 0.1) is 17.7 Å². The Kier molecular flexibility index (Phi) is 4.57. The molecule has 0 aliphatic heterocycles. The van der Waals surface area contributed by atoms with Gasteiger partial charge in [0.2, 0.25) is 0 Å². The van der Waals surface area contributed by atoms with Crippen LogP contribution in [-0.4, -0.2) is 39.1 Å². The topological polar surface area (TPSA) is 117 Å². The lowest BCUT2D eigenvalue weighted by Crippen LogP contribution is -2.42. The molecule has 0 saturated carbocycles. The van der Waals surface area contributed by atoms with Crippen LogP contribution >= 0.6 is 0 Å². The van der Waals surface area contributed by atoms with Crippen molar-refractivity contribution in [2.24, 2.45) is 0 Å². The number of pyridine rings is 1. The van der Waals surface area contributed by atoms with Crippen LogP contribution in [0.15, 0.2) is 12.1 Å². The van der Waals surface area contributed by atoms with E-state index >= 15 is 0 Å². The van der Waals surface area contributed by atoms with E-state index in [9.17, 15) is 14.4 Å². The summed E-state index contributed by atoms with van der Waals surface area (Å²) in [5.74, 6) is -3.35. The molecule has 7 heteroatoms. The number of aliphatic carboxylic acids is 2. The Balaban J connectivity index is 2.87. The minimum atomic E-state index is -1.47. The lowest BCUT2D eigenvalue weighted by Gasteiger charge is -2.13. The van der Waals surface area contributed by atoms with Crippen LogP contribution in [0.25, 0.3) is 0 Å². The molecule has 1 atom stereocenters. The van der Waals surface area contributed by atoms with Gasteiger partial charge in [-0.25, -0.2) is 4.79 Å². The first-order valence-electron chi connectivity index (χ1n) is 5.51. The maximum absolute atomic E-state index is 11.9. The fraction of sp³-hybridized carbons (Fsp3) is 0.333. The standard InChI is InChI=1S/C12H14N2O5/c1-6-3-4-8(7(2)13-6)11(17)14-9(12(18)19)5-10(15)16/h3-4,9H,5H2,1-2H3,(H,14,17)(H,15,16)(H,18,19)/t9-/m1/s1. The Morgan fingerprint density at radius 3 is 2.37 bits per heavy atom. The number of nitrogens with one attached hydrogen (secondary N) is 1. The average molecular weight is 266 g/mol. The first-order chi connectivity index (χ1) is 8.81. The van der Waals surface area contributed by atoms with E-state index in [0.29, 0.717) is 5.69 Å². The molecule has 102 valence electrons. The van der Waals surface area contributed by atoms with E-state index in [2.05, 4.69) is 10.3 Å². The van der Waals surface area contributed by atoms with E-state index in [1.165, 1.54) is 6.07 Å². The molecule has 0 bridgehead atoms. The van der Waals surface area contributed by atoms with Gasteiger partial charge in [0, 0.05) is 5.69 Å². The molecule has 3 N–H and O–H groups in total. The first-order valence-corrected chi connectivity index (χ1v) is 5.51. The van der Waals surface area contributed by atoms with E-state index in [-0.39, 0.29) is 5.56 Å². The van der Waals surface area contributed by atoms with Gasteiger partial charge in [0.25, 0.3) is 5.91 Å². The van der Waals surface area contributed by atoms with Crippen LogP contribution in [0.4, 0.5) is 0 Å². The molecular weight excluding hydrogens is 252 g/mol. The zero-order chi connectivity index (χ0) is 14.6. The summed E-state index contributed by atoms with van der Waals surface area (Å²) in [5, 5.41) is 19.6. The summed E-state index contributed by atoms with van der Waals surface area (Å²) in [6, 6.07) is 1.67. The van der Waals surface area contributed by atoms with Crippen LogP contribution in [0.3, 0.4) is 0 Å². The van der Waals surface area contributed by atoms with Crippen molar-refractivity contribution in [3.8, 4) is 0 Å². The van der Waals surface area contributed by atoms with Gasteiger partial charge < -0.3 is 15.5 Å². The smallest absolute Gasteiger partial charge is 0.326 e. The molecule has 1 amide bonds. The number of aromatic nitrogens is 1. The summed E-state index contributed by atoms with van der Waals surface area (Å²) < 4.78 is 0. The molecule has 0 unspecified atom stereocenters. The van der Waals surface area contributed by atoms with E-state index in [1.807, 2.05) is 0 Å². The fourth-order valence-corrected chi connectivity index (χ4v) is 1.54. The molecule has 0 fully saturated rings. The summed E-state index contributed by atoms with van der Waals surface area (Å²) >= 11 is 0. The highest BCUT2D eigenvalue weighted by molar-refractivity contribution is 5.98. The molecule has 0 aromatic carbocycles. The van der Waals surface area contributed by atoms with Crippen LogP contribution in [-0.2, 0) is 9.59 Å². The molecule has 0 aliphatic rings. The Morgan fingerprint density at radius 1 is 1.26 bits per heavy atom. The third kappa shape index (κ3) is 4.06. The Labute approximate surface area is 109 Å². The Bertz CT molecular complexity index is 527. The van der Waals surface area contributed by atoms with Gasteiger partial charge in [-0.05, 0) is 26.0 Å². The van der Waals surface area contributed by atoms with Crippen LogP contribution in [0.1, 0.15) is 28.2 Å². The summed E-state index contributed by atoms with van der Waals surface area (Å²) in [6.45, 7) is 3.38. The van der Waals surface area contributed by atoms with E-state index in [1.54, 1.807) is 19.9 Å². The number of carbonyl (C=O) groups is 3. The van der Waals surface area contributed by atoms with Crippen LogP contribution in [0.2, 0.25) is 0 Å². The number of rotatable bonds is 5. The molecule has 1 aromatic rings. The largest absolute Gasteiger partial charge is 0.481 e. The van der Waals surface area contributed by atoms with Gasteiger partial charge in [0.1, 0.15) is 6.04 Å². The second-order valence-electron chi connectivity index (χ2n) is 4.05. The minimum absolute atomic E-state index is 0.224. The number of carbonyl (C=O) groups excluding carboxylic acids is 1.